The highest BCUT2D eigenvalue weighted by Gasteiger charge is 2.24. The van der Waals surface area contributed by atoms with Crippen molar-refractivity contribution in [2.24, 2.45) is 0 Å². The molecule has 1 aliphatic carbocycles. The summed E-state index contributed by atoms with van der Waals surface area (Å²) in [6, 6.07) is 3.54. The van der Waals surface area contributed by atoms with Gasteiger partial charge in [0.1, 0.15) is 5.75 Å². The molecule has 3 nitrogen and oxygen atoms in total. The third-order valence-corrected chi connectivity index (χ3v) is 3.36. The zero-order valence-electron chi connectivity index (χ0n) is 9.36. The fourth-order valence-corrected chi connectivity index (χ4v) is 2.45. The molecule has 2 N–H and O–H groups in total. The van der Waals surface area contributed by atoms with Gasteiger partial charge in [-0.1, -0.05) is 6.07 Å². The summed E-state index contributed by atoms with van der Waals surface area (Å²) in [6.07, 6.45) is 4.11. The molecule has 0 saturated carbocycles. The monoisotopic (exact) mass is 220 g/mol. The average Bonchev–Trinajstić information content (AvgIpc) is 2.28. The molecule has 2 rings (SSSR count). The number of aryl methyl sites for hydroxylation is 1. The van der Waals surface area contributed by atoms with Crippen LogP contribution in [0.5, 0.6) is 5.75 Å². The van der Waals surface area contributed by atoms with Crippen LogP contribution in [0.2, 0.25) is 0 Å². The topological polar surface area (TPSA) is 57.5 Å². The fraction of sp³-hybridized carbons (Fsp3) is 0.462. The van der Waals surface area contributed by atoms with Crippen molar-refractivity contribution in [3.8, 4) is 5.75 Å². The van der Waals surface area contributed by atoms with E-state index < -0.39 is 11.9 Å². The Labute approximate surface area is 94.7 Å². The van der Waals surface area contributed by atoms with Crippen molar-refractivity contribution in [2.45, 2.75) is 38.5 Å². The Bertz CT molecular complexity index is 423. The van der Waals surface area contributed by atoms with Crippen molar-refractivity contribution in [1.29, 1.82) is 0 Å². The van der Waals surface area contributed by atoms with E-state index in [0.29, 0.717) is 5.56 Å². The van der Waals surface area contributed by atoms with E-state index in [2.05, 4.69) is 0 Å². The zero-order chi connectivity index (χ0) is 11.7. The van der Waals surface area contributed by atoms with Gasteiger partial charge in [0.05, 0.1) is 5.92 Å². The molecular weight excluding hydrogens is 204 g/mol. The molecular formula is C13H16O3. The molecule has 0 fully saturated rings. The minimum absolute atomic E-state index is 0.121. The number of rotatable bonds is 2. The van der Waals surface area contributed by atoms with Crippen LogP contribution >= 0.6 is 0 Å². The van der Waals surface area contributed by atoms with E-state index in [1.807, 2.05) is 6.07 Å². The molecule has 0 spiro atoms. The van der Waals surface area contributed by atoms with Crippen LogP contribution in [-0.4, -0.2) is 16.2 Å². The molecule has 0 heterocycles. The van der Waals surface area contributed by atoms with Crippen LogP contribution in [-0.2, 0) is 17.6 Å². The second-order valence-corrected chi connectivity index (χ2v) is 4.40. The lowest BCUT2D eigenvalue weighted by Gasteiger charge is -2.22. The van der Waals surface area contributed by atoms with Crippen LogP contribution < -0.4 is 0 Å². The summed E-state index contributed by atoms with van der Waals surface area (Å²) in [6.45, 7) is 1.63. The third kappa shape index (κ3) is 1.77. The number of phenolic OH excluding ortho intramolecular Hbond substituents is 1. The summed E-state index contributed by atoms with van der Waals surface area (Å²) in [5.74, 6) is -1.39. The molecule has 0 radical (unpaired) electrons. The predicted octanol–water partition coefficient (Wildman–Crippen LogP) is 2.46. The third-order valence-electron chi connectivity index (χ3n) is 3.36. The Morgan fingerprint density at radius 2 is 2.00 bits per heavy atom. The van der Waals surface area contributed by atoms with Crippen LogP contribution in [0.15, 0.2) is 12.1 Å². The first-order valence-corrected chi connectivity index (χ1v) is 5.67. The molecule has 0 amide bonds. The van der Waals surface area contributed by atoms with Gasteiger partial charge in [-0.2, -0.15) is 0 Å². The number of hydrogen-bond acceptors (Lipinski definition) is 2. The molecule has 1 aromatic rings. The number of hydrogen-bond donors (Lipinski definition) is 2. The van der Waals surface area contributed by atoms with E-state index in [1.165, 1.54) is 5.56 Å². The number of benzene rings is 1. The van der Waals surface area contributed by atoms with E-state index in [-0.39, 0.29) is 5.75 Å². The molecule has 1 aliphatic rings. The maximum Gasteiger partial charge on any atom is 0.310 e. The van der Waals surface area contributed by atoms with Gasteiger partial charge in [-0.25, -0.2) is 0 Å². The smallest absolute Gasteiger partial charge is 0.310 e. The van der Waals surface area contributed by atoms with Crippen molar-refractivity contribution in [2.75, 3.05) is 0 Å². The summed E-state index contributed by atoms with van der Waals surface area (Å²) in [5.41, 5.74) is 2.87. The average molecular weight is 220 g/mol. The van der Waals surface area contributed by atoms with Gasteiger partial charge in [-0.3, -0.25) is 4.79 Å². The number of aromatic hydroxyl groups is 1. The van der Waals surface area contributed by atoms with E-state index in [1.54, 1.807) is 13.0 Å². The predicted molar refractivity (Wildman–Crippen MR) is 60.8 cm³/mol. The minimum Gasteiger partial charge on any atom is -0.508 e. The number of phenols is 1. The normalized spacial score (nSPS) is 16.6. The first-order chi connectivity index (χ1) is 7.61. The molecule has 0 aromatic heterocycles. The summed E-state index contributed by atoms with van der Waals surface area (Å²) in [5, 5.41) is 18.9. The van der Waals surface area contributed by atoms with Gasteiger partial charge < -0.3 is 10.2 Å². The Morgan fingerprint density at radius 3 is 2.69 bits per heavy atom. The van der Waals surface area contributed by atoms with Crippen molar-refractivity contribution >= 4 is 5.97 Å². The van der Waals surface area contributed by atoms with Gasteiger partial charge in [-0.15, -0.1) is 0 Å². The Kier molecular flexibility index (Phi) is 2.86. The van der Waals surface area contributed by atoms with Gasteiger partial charge in [0.15, 0.2) is 0 Å². The summed E-state index contributed by atoms with van der Waals surface area (Å²) >= 11 is 0. The largest absolute Gasteiger partial charge is 0.508 e. The van der Waals surface area contributed by atoms with Gasteiger partial charge >= 0.3 is 5.97 Å². The van der Waals surface area contributed by atoms with Crippen molar-refractivity contribution in [1.82, 2.24) is 0 Å². The molecule has 3 heteroatoms. The first-order valence-electron chi connectivity index (χ1n) is 5.67. The molecule has 1 unspecified atom stereocenters. The van der Waals surface area contributed by atoms with Gasteiger partial charge in [-0.05, 0) is 49.8 Å². The quantitative estimate of drug-likeness (QED) is 0.804. The minimum atomic E-state index is -0.880. The lowest BCUT2D eigenvalue weighted by molar-refractivity contribution is -0.138. The second kappa shape index (κ2) is 4.16. The number of carboxylic acid groups (broad SMARTS) is 1. The highest BCUT2D eigenvalue weighted by Crippen LogP contribution is 2.35. The van der Waals surface area contributed by atoms with Gasteiger partial charge in [0, 0.05) is 5.56 Å². The van der Waals surface area contributed by atoms with Crippen molar-refractivity contribution in [3.63, 3.8) is 0 Å². The molecule has 0 bridgehead atoms. The van der Waals surface area contributed by atoms with Crippen LogP contribution in [0.1, 0.15) is 42.4 Å². The van der Waals surface area contributed by atoms with E-state index >= 15 is 0 Å². The first kappa shape index (κ1) is 11.0. The summed E-state index contributed by atoms with van der Waals surface area (Å²) < 4.78 is 0. The Morgan fingerprint density at radius 1 is 1.31 bits per heavy atom. The zero-order valence-corrected chi connectivity index (χ0v) is 9.36. The van der Waals surface area contributed by atoms with E-state index in [4.69, 9.17) is 5.11 Å². The SMILES string of the molecule is CC(C(=O)O)c1c(O)ccc2c1CCCC2. The van der Waals surface area contributed by atoms with E-state index in [0.717, 1.165) is 31.2 Å². The number of fused-ring (bicyclic) bond motifs is 1. The lowest BCUT2D eigenvalue weighted by Crippen LogP contribution is -2.14. The summed E-state index contributed by atoms with van der Waals surface area (Å²) in [4.78, 5) is 11.0. The van der Waals surface area contributed by atoms with Gasteiger partial charge in [0.25, 0.3) is 0 Å². The number of carboxylic acids is 1. The Balaban J connectivity index is 2.53. The number of carbonyl (C=O) groups is 1. The molecule has 0 saturated heterocycles. The van der Waals surface area contributed by atoms with Crippen LogP contribution in [0.3, 0.4) is 0 Å². The molecule has 1 aromatic carbocycles. The van der Waals surface area contributed by atoms with Crippen LogP contribution in [0.25, 0.3) is 0 Å². The summed E-state index contributed by atoms with van der Waals surface area (Å²) in [7, 11) is 0. The van der Waals surface area contributed by atoms with Crippen LogP contribution in [0, 0.1) is 0 Å². The highest BCUT2D eigenvalue weighted by atomic mass is 16.4. The van der Waals surface area contributed by atoms with E-state index in [9.17, 15) is 9.90 Å². The lowest BCUT2D eigenvalue weighted by atomic mass is 9.83. The maximum absolute atomic E-state index is 11.0. The fourth-order valence-electron chi connectivity index (χ4n) is 2.45. The molecule has 86 valence electrons. The van der Waals surface area contributed by atoms with Gasteiger partial charge in [0.2, 0.25) is 0 Å². The Hall–Kier alpha value is -1.51. The molecule has 0 aliphatic heterocycles. The second-order valence-electron chi connectivity index (χ2n) is 4.40. The molecule has 1 atom stereocenters. The highest BCUT2D eigenvalue weighted by molar-refractivity contribution is 5.77. The van der Waals surface area contributed by atoms with Crippen molar-refractivity contribution < 1.29 is 15.0 Å². The van der Waals surface area contributed by atoms with Crippen molar-refractivity contribution in [3.05, 3.63) is 28.8 Å². The number of aliphatic carboxylic acids is 1. The maximum atomic E-state index is 11.0. The standard InChI is InChI=1S/C13H16O3/c1-8(13(15)16)12-10-5-3-2-4-9(10)6-7-11(12)14/h6-8,14H,2-5H2,1H3,(H,15,16). The molecule has 16 heavy (non-hydrogen) atoms. The van der Waals surface area contributed by atoms with Crippen LogP contribution in [0.4, 0.5) is 0 Å².